The van der Waals surface area contributed by atoms with Crippen molar-refractivity contribution < 1.29 is 0 Å². The Balaban J connectivity index is 1.98. The van der Waals surface area contributed by atoms with Crippen LogP contribution in [-0.2, 0) is 0 Å². The van der Waals surface area contributed by atoms with Crippen molar-refractivity contribution >= 4 is 47.2 Å². The minimum Gasteiger partial charge on any atom is -0.356 e. The third kappa shape index (κ3) is 1.99. The lowest BCUT2D eigenvalue weighted by molar-refractivity contribution is 0.280. The Morgan fingerprint density at radius 3 is 2.89 bits per heavy atom. The second-order valence-corrected chi connectivity index (χ2v) is 6.70. The monoisotopic (exact) mass is 374 g/mol. The van der Waals surface area contributed by atoms with Crippen molar-refractivity contribution in [2.24, 2.45) is 5.92 Å². The number of aromatic nitrogens is 3. The van der Waals surface area contributed by atoms with Crippen molar-refractivity contribution in [3.05, 3.63) is 18.6 Å². The first-order valence-electron chi connectivity index (χ1n) is 6.04. The summed E-state index contributed by atoms with van der Waals surface area (Å²) < 4.78 is 2.07. The highest BCUT2D eigenvalue weighted by molar-refractivity contribution is 14.2. The molecule has 2 aromatic heterocycles. The van der Waals surface area contributed by atoms with Crippen LogP contribution in [0.15, 0.2) is 18.6 Å². The van der Waals surface area contributed by atoms with Crippen LogP contribution in [0.1, 0.15) is 19.8 Å². The van der Waals surface area contributed by atoms with Gasteiger partial charge in [0.25, 0.3) is 0 Å². The smallest absolute Gasteiger partial charge is 0.156 e. The van der Waals surface area contributed by atoms with Gasteiger partial charge in [0.15, 0.2) is 5.65 Å². The topological polar surface area (TPSA) is 34.0 Å². The highest BCUT2D eigenvalue weighted by Gasteiger charge is 2.30. The Labute approximate surface area is 123 Å². The number of nitrogens with zero attached hydrogens (tertiary/aromatic N) is 4. The molecule has 2 aromatic rings. The normalized spacial score (nSPS) is 23.1. The predicted molar refractivity (Wildman–Crippen MR) is 85.1 cm³/mol. The van der Waals surface area contributed by atoms with Crippen molar-refractivity contribution in [3.8, 4) is 0 Å². The molecule has 6 heteroatoms. The molecule has 0 bridgehead atoms. The molecule has 0 amide bonds. The average molecular weight is 374 g/mol. The molecule has 0 radical (unpaired) electrons. The van der Waals surface area contributed by atoms with E-state index in [4.69, 9.17) is 0 Å². The number of fused-ring (bicyclic) bond motifs is 1. The van der Waals surface area contributed by atoms with Crippen LogP contribution in [0.2, 0.25) is 0 Å². The molecule has 96 valence electrons. The molecule has 0 unspecified atom stereocenters. The Bertz CT molecular complexity index is 564. The maximum absolute atomic E-state index is 4.47. The number of rotatable bonds is 3. The summed E-state index contributed by atoms with van der Waals surface area (Å²) in [5.41, 5.74) is 0.999. The molecule has 1 saturated carbocycles. The third-order valence-electron chi connectivity index (χ3n) is 3.73. The lowest BCUT2D eigenvalue weighted by Gasteiger charge is -2.40. The van der Waals surface area contributed by atoms with E-state index in [0.717, 1.165) is 22.8 Å². The fourth-order valence-electron chi connectivity index (χ4n) is 2.60. The van der Waals surface area contributed by atoms with E-state index in [1.54, 1.807) is 15.4 Å². The zero-order valence-corrected chi connectivity index (χ0v) is 13.4. The van der Waals surface area contributed by atoms with Gasteiger partial charge in [-0.2, -0.15) is 0 Å². The van der Waals surface area contributed by atoms with Crippen LogP contribution >= 0.6 is 30.3 Å². The summed E-state index contributed by atoms with van der Waals surface area (Å²) >= 11 is 2.27. The van der Waals surface area contributed by atoms with Crippen molar-refractivity contribution in [1.82, 2.24) is 13.9 Å². The summed E-state index contributed by atoms with van der Waals surface area (Å²) in [6.45, 7) is 2.31. The Kier molecular flexibility index (Phi) is 3.40. The predicted octanol–water partition coefficient (Wildman–Crippen LogP) is 3.51. The summed E-state index contributed by atoms with van der Waals surface area (Å²) in [6, 6.07) is 2.74. The maximum atomic E-state index is 4.47. The van der Waals surface area contributed by atoms with Gasteiger partial charge in [0, 0.05) is 49.6 Å². The molecule has 0 aliphatic heterocycles. The average Bonchev–Trinajstić information content (AvgIpc) is 2.77. The van der Waals surface area contributed by atoms with E-state index >= 15 is 0 Å². The first kappa shape index (κ1) is 12.5. The van der Waals surface area contributed by atoms with Crippen molar-refractivity contribution in [3.63, 3.8) is 0 Å². The number of hydrogen-bond acceptors (Lipinski definition) is 4. The van der Waals surface area contributed by atoms with E-state index in [1.807, 2.05) is 0 Å². The fourth-order valence-corrected chi connectivity index (χ4v) is 3.87. The van der Waals surface area contributed by atoms with Gasteiger partial charge in [-0.15, -0.1) is 0 Å². The quantitative estimate of drug-likeness (QED) is 0.770. The van der Waals surface area contributed by atoms with Crippen LogP contribution in [0, 0.1) is 5.92 Å². The molecule has 0 atom stereocenters. The van der Waals surface area contributed by atoms with Gasteiger partial charge in [0.1, 0.15) is 12.1 Å². The molecule has 1 fully saturated rings. The van der Waals surface area contributed by atoms with Gasteiger partial charge in [0.05, 0.1) is 5.39 Å². The molecule has 4 nitrogen and oxygen atoms in total. The second kappa shape index (κ2) is 4.88. The summed E-state index contributed by atoms with van der Waals surface area (Å²) in [5.74, 6) is 1.91. The van der Waals surface area contributed by atoms with Crippen LogP contribution in [0.5, 0.6) is 0 Å². The molecule has 0 aromatic carbocycles. The van der Waals surface area contributed by atoms with E-state index in [2.05, 4.69) is 66.3 Å². The lowest BCUT2D eigenvalue weighted by Crippen LogP contribution is -2.42. The first-order chi connectivity index (χ1) is 8.70. The Hall–Kier alpha value is -0.500. The maximum Gasteiger partial charge on any atom is 0.156 e. The van der Waals surface area contributed by atoms with Crippen LogP contribution in [0.4, 0.5) is 5.82 Å². The van der Waals surface area contributed by atoms with Crippen molar-refractivity contribution in [2.75, 3.05) is 11.9 Å². The van der Waals surface area contributed by atoms with E-state index in [9.17, 15) is 0 Å². The summed E-state index contributed by atoms with van der Waals surface area (Å²) in [5, 5.41) is 1.14. The van der Waals surface area contributed by atoms with Crippen LogP contribution < -0.4 is 4.90 Å². The SMILES string of the molecule is CC1CC(N(C)c2ncnc3c2ccn3SI)C1. The van der Waals surface area contributed by atoms with Gasteiger partial charge in [0.2, 0.25) is 0 Å². The van der Waals surface area contributed by atoms with Gasteiger partial charge in [-0.3, -0.25) is 3.97 Å². The van der Waals surface area contributed by atoms with Crippen LogP contribution in [0.25, 0.3) is 11.0 Å². The summed E-state index contributed by atoms with van der Waals surface area (Å²) in [4.78, 5) is 11.2. The highest BCUT2D eigenvalue weighted by Crippen LogP contribution is 2.35. The summed E-state index contributed by atoms with van der Waals surface area (Å²) in [6.07, 6.45) is 6.25. The van der Waals surface area contributed by atoms with Gasteiger partial charge in [-0.1, -0.05) is 6.92 Å². The Morgan fingerprint density at radius 2 is 2.22 bits per heavy atom. The lowest BCUT2D eigenvalue weighted by atomic mass is 9.81. The van der Waals surface area contributed by atoms with Gasteiger partial charge >= 0.3 is 0 Å². The standard InChI is InChI=1S/C12H15IN4S/c1-8-5-9(6-8)16(2)11-10-3-4-17(18-13)12(10)15-7-14-11/h3-4,7-9H,5-6H2,1-2H3. The number of hydrogen-bond donors (Lipinski definition) is 0. The van der Waals surface area contributed by atoms with E-state index in [1.165, 1.54) is 12.8 Å². The molecular weight excluding hydrogens is 359 g/mol. The van der Waals surface area contributed by atoms with E-state index < -0.39 is 0 Å². The molecule has 0 spiro atoms. The Morgan fingerprint density at radius 1 is 1.44 bits per heavy atom. The zero-order valence-electron chi connectivity index (χ0n) is 10.4. The minimum atomic E-state index is 0.633. The number of halogens is 1. The van der Waals surface area contributed by atoms with Crippen LogP contribution in [0.3, 0.4) is 0 Å². The third-order valence-corrected chi connectivity index (χ3v) is 5.45. The van der Waals surface area contributed by atoms with Gasteiger partial charge < -0.3 is 4.90 Å². The highest BCUT2D eigenvalue weighted by atomic mass is 127. The zero-order chi connectivity index (χ0) is 12.7. The van der Waals surface area contributed by atoms with Crippen molar-refractivity contribution in [1.29, 1.82) is 0 Å². The molecule has 0 saturated heterocycles. The molecule has 1 aliphatic rings. The summed E-state index contributed by atoms with van der Waals surface area (Å²) in [7, 11) is 3.78. The van der Waals surface area contributed by atoms with E-state index in [0.29, 0.717) is 6.04 Å². The molecule has 1 aliphatic carbocycles. The number of anilines is 1. The fraction of sp³-hybridized carbons (Fsp3) is 0.500. The van der Waals surface area contributed by atoms with Gasteiger partial charge in [-0.05, 0) is 24.8 Å². The molecule has 0 N–H and O–H groups in total. The van der Waals surface area contributed by atoms with Crippen LogP contribution in [-0.4, -0.2) is 27.0 Å². The molecule has 18 heavy (non-hydrogen) atoms. The largest absolute Gasteiger partial charge is 0.356 e. The van der Waals surface area contributed by atoms with Crippen molar-refractivity contribution in [2.45, 2.75) is 25.8 Å². The molecule has 2 heterocycles. The molecular formula is C12H15IN4S. The molecule has 3 rings (SSSR count). The minimum absolute atomic E-state index is 0.633. The van der Waals surface area contributed by atoms with E-state index in [-0.39, 0.29) is 0 Å². The first-order valence-corrected chi connectivity index (χ1v) is 9.36. The van der Waals surface area contributed by atoms with Gasteiger partial charge in [-0.25, -0.2) is 9.97 Å². The second-order valence-electron chi connectivity index (χ2n) is 4.99.